The Morgan fingerprint density at radius 2 is 1.67 bits per heavy atom. The maximum absolute atomic E-state index is 11.0. The van der Waals surface area contributed by atoms with Crippen LogP contribution in [0.3, 0.4) is 0 Å². The van der Waals surface area contributed by atoms with Crippen molar-refractivity contribution in [2.75, 3.05) is 0 Å². The van der Waals surface area contributed by atoms with E-state index in [0.29, 0.717) is 22.2 Å². The van der Waals surface area contributed by atoms with Crippen LogP contribution in [0.2, 0.25) is 5.02 Å². The molecule has 24 heavy (non-hydrogen) atoms. The minimum atomic E-state index is -1.41. The smallest absolute Gasteiger partial charge is 0.145 e. The first kappa shape index (κ1) is 18.1. The molecule has 1 unspecified atom stereocenters. The second-order valence-corrected chi connectivity index (χ2v) is 6.21. The number of benzene rings is 1. The number of pyridine rings is 1. The van der Waals surface area contributed by atoms with Crippen molar-refractivity contribution in [3.63, 3.8) is 0 Å². The highest BCUT2D eigenvalue weighted by molar-refractivity contribution is 6.30. The lowest BCUT2D eigenvalue weighted by Crippen LogP contribution is -2.42. The summed E-state index contributed by atoms with van der Waals surface area (Å²) in [4.78, 5) is 4.29. The highest BCUT2D eigenvalue weighted by atomic mass is 35.5. The normalized spacial score (nSPS) is 14.7. The third-order valence-electron chi connectivity index (χ3n) is 3.94. The van der Waals surface area contributed by atoms with Crippen LogP contribution in [0.5, 0.6) is 11.5 Å². The minimum Gasteiger partial charge on any atom is -0.456 e. The Morgan fingerprint density at radius 3 is 2.12 bits per heavy atom. The molecule has 0 spiro atoms. The molecular formula is C18H20ClN3O2. The van der Waals surface area contributed by atoms with Gasteiger partial charge in [0.15, 0.2) is 0 Å². The van der Waals surface area contributed by atoms with Gasteiger partial charge in [-0.1, -0.05) is 25.4 Å². The van der Waals surface area contributed by atoms with Gasteiger partial charge in [0.2, 0.25) is 0 Å². The number of aliphatic hydroxyl groups is 1. The summed E-state index contributed by atoms with van der Waals surface area (Å²) in [6.07, 6.45) is 3.64. The molecule has 0 bridgehead atoms. The Balaban J connectivity index is 2.27. The van der Waals surface area contributed by atoms with E-state index >= 15 is 0 Å². The Kier molecular flexibility index (Phi) is 5.70. The summed E-state index contributed by atoms with van der Waals surface area (Å²) in [5, 5.41) is 26.6. The van der Waals surface area contributed by atoms with E-state index < -0.39 is 11.5 Å². The highest BCUT2D eigenvalue weighted by Crippen LogP contribution is 2.35. The van der Waals surface area contributed by atoms with Crippen LogP contribution < -0.4 is 4.74 Å². The fourth-order valence-electron chi connectivity index (χ4n) is 2.47. The molecule has 126 valence electrons. The average molecular weight is 346 g/mol. The zero-order valence-corrected chi connectivity index (χ0v) is 14.3. The van der Waals surface area contributed by atoms with Crippen molar-refractivity contribution >= 4 is 24.0 Å². The van der Waals surface area contributed by atoms with Gasteiger partial charge in [0.25, 0.3) is 0 Å². The van der Waals surface area contributed by atoms with Crippen molar-refractivity contribution in [2.24, 2.45) is 11.8 Å². The van der Waals surface area contributed by atoms with E-state index in [2.05, 4.69) is 4.98 Å². The number of halogens is 1. The van der Waals surface area contributed by atoms with E-state index in [4.69, 9.17) is 27.2 Å². The van der Waals surface area contributed by atoms with Crippen molar-refractivity contribution < 1.29 is 9.84 Å². The number of hydrogen-bond acceptors (Lipinski definition) is 5. The van der Waals surface area contributed by atoms with E-state index in [1.165, 1.54) is 6.20 Å². The number of nitrogens with one attached hydrogen (secondary N) is 2. The van der Waals surface area contributed by atoms with Gasteiger partial charge in [-0.2, -0.15) is 0 Å². The second kappa shape index (κ2) is 7.55. The fourth-order valence-corrected chi connectivity index (χ4v) is 2.60. The lowest BCUT2D eigenvalue weighted by Gasteiger charge is -2.35. The topological polar surface area (TPSA) is 90.1 Å². The number of ether oxygens (including phenoxy) is 1. The molecule has 6 heteroatoms. The van der Waals surface area contributed by atoms with Gasteiger partial charge in [0.05, 0.1) is 17.8 Å². The lowest BCUT2D eigenvalue weighted by molar-refractivity contribution is -0.0247. The number of hydrogen-bond donors (Lipinski definition) is 3. The Hall–Kier alpha value is -2.24. The van der Waals surface area contributed by atoms with Crippen LogP contribution >= 0.6 is 11.6 Å². The summed E-state index contributed by atoms with van der Waals surface area (Å²) in [6, 6.07) is 10.3. The molecular weight excluding hydrogens is 326 g/mol. The maximum Gasteiger partial charge on any atom is 0.145 e. The van der Waals surface area contributed by atoms with E-state index in [9.17, 15) is 5.11 Å². The summed E-state index contributed by atoms with van der Waals surface area (Å²) < 4.78 is 5.68. The summed E-state index contributed by atoms with van der Waals surface area (Å²) in [7, 11) is 0. The van der Waals surface area contributed by atoms with Crippen LogP contribution in [0.25, 0.3) is 0 Å². The zero-order valence-electron chi connectivity index (χ0n) is 13.5. The van der Waals surface area contributed by atoms with Crippen molar-refractivity contribution in [3.8, 4) is 11.5 Å². The molecule has 0 fully saturated rings. The van der Waals surface area contributed by atoms with Gasteiger partial charge in [-0.05, 0) is 42.3 Å². The first-order chi connectivity index (χ1) is 11.4. The molecule has 1 heterocycles. The number of rotatable bonds is 7. The van der Waals surface area contributed by atoms with Crippen molar-refractivity contribution in [1.82, 2.24) is 4.98 Å². The summed E-state index contributed by atoms with van der Waals surface area (Å²) in [5.74, 6) is 0.188. The molecule has 0 saturated carbocycles. The van der Waals surface area contributed by atoms with Gasteiger partial charge < -0.3 is 20.7 Å². The standard InChI is InChI=1S/C18H20ClN3O2/c1-12(2)18(23,13(9-20)10-21)17-8-7-16(11-22-17)24-15-5-3-14(19)4-6-15/h3-13,20-21,23H,1-2H3. The maximum atomic E-state index is 11.0. The zero-order chi connectivity index (χ0) is 17.7. The average Bonchev–Trinajstić information content (AvgIpc) is 2.58. The van der Waals surface area contributed by atoms with Crippen LogP contribution in [0, 0.1) is 22.7 Å². The van der Waals surface area contributed by atoms with Gasteiger partial charge in [-0.15, -0.1) is 0 Å². The SMILES string of the molecule is CC(C)C(O)(c1ccc(Oc2ccc(Cl)cc2)cn1)C(C=N)C=N. The molecule has 1 atom stereocenters. The Morgan fingerprint density at radius 1 is 1.08 bits per heavy atom. The number of nitrogens with zero attached hydrogens (tertiary/aromatic N) is 1. The predicted octanol–water partition coefficient (Wildman–Crippen LogP) is 4.29. The van der Waals surface area contributed by atoms with E-state index in [0.717, 1.165) is 12.4 Å². The predicted molar refractivity (Wildman–Crippen MR) is 95.6 cm³/mol. The fraction of sp³-hybridized carbons (Fsp3) is 0.278. The van der Waals surface area contributed by atoms with E-state index in [-0.39, 0.29) is 5.92 Å². The van der Waals surface area contributed by atoms with Crippen LogP contribution in [0.4, 0.5) is 0 Å². The van der Waals surface area contributed by atoms with Gasteiger partial charge in [-0.3, -0.25) is 4.98 Å². The van der Waals surface area contributed by atoms with E-state index in [1.807, 2.05) is 13.8 Å². The summed E-state index contributed by atoms with van der Waals surface area (Å²) in [6.45, 7) is 3.67. The first-order valence-electron chi connectivity index (χ1n) is 7.55. The molecule has 0 aliphatic carbocycles. The van der Waals surface area contributed by atoms with Crippen LogP contribution in [0.15, 0.2) is 42.6 Å². The van der Waals surface area contributed by atoms with Crippen LogP contribution in [-0.4, -0.2) is 22.5 Å². The molecule has 0 radical (unpaired) electrons. The third kappa shape index (κ3) is 3.63. The molecule has 0 aliphatic heterocycles. The second-order valence-electron chi connectivity index (χ2n) is 5.77. The highest BCUT2D eigenvalue weighted by Gasteiger charge is 2.40. The molecule has 5 nitrogen and oxygen atoms in total. The van der Waals surface area contributed by atoms with Gasteiger partial charge in [0.1, 0.15) is 17.1 Å². The molecule has 3 N–H and O–H groups in total. The van der Waals surface area contributed by atoms with Gasteiger partial charge >= 0.3 is 0 Å². The Bertz CT molecular complexity index is 693. The van der Waals surface area contributed by atoms with Crippen molar-refractivity contribution in [2.45, 2.75) is 19.4 Å². The Labute approximate surface area is 146 Å². The molecule has 0 amide bonds. The minimum absolute atomic E-state index is 0.221. The van der Waals surface area contributed by atoms with Crippen LogP contribution in [0.1, 0.15) is 19.5 Å². The molecule has 1 aromatic heterocycles. The van der Waals surface area contributed by atoms with Gasteiger partial charge in [0, 0.05) is 17.5 Å². The molecule has 0 aliphatic rings. The largest absolute Gasteiger partial charge is 0.456 e. The van der Waals surface area contributed by atoms with Crippen molar-refractivity contribution in [1.29, 1.82) is 10.8 Å². The summed E-state index contributed by atoms with van der Waals surface area (Å²) >= 11 is 5.84. The quantitative estimate of drug-likeness (QED) is 0.654. The first-order valence-corrected chi connectivity index (χ1v) is 7.93. The monoisotopic (exact) mass is 345 g/mol. The van der Waals surface area contributed by atoms with Crippen LogP contribution in [-0.2, 0) is 5.60 Å². The third-order valence-corrected chi connectivity index (χ3v) is 4.20. The van der Waals surface area contributed by atoms with Crippen molar-refractivity contribution in [3.05, 3.63) is 53.3 Å². The molecule has 1 aromatic carbocycles. The summed E-state index contributed by atoms with van der Waals surface area (Å²) in [5.41, 5.74) is -1.01. The van der Waals surface area contributed by atoms with Gasteiger partial charge in [-0.25, -0.2) is 0 Å². The molecule has 0 saturated heterocycles. The molecule has 2 rings (SSSR count). The number of aromatic nitrogens is 1. The van der Waals surface area contributed by atoms with E-state index in [1.54, 1.807) is 36.4 Å². The lowest BCUT2D eigenvalue weighted by atomic mass is 9.77. The molecule has 2 aromatic rings.